The van der Waals surface area contributed by atoms with Crippen molar-refractivity contribution in [2.45, 2.75) is 32.7 Å². The molecule has 1 unspecified atom stereocenters. The van der Waals surface area contributed by atoms with Crippen LogP contribution in [0.25, 0.3) is 0 Å². The lowest BCUT2D eigenvalue weighted by atomic mass is 10.2. The Morgan fingerprint density at radius 1 is 1.50 bits per heavy atom. The van der Waals surface area contributed by atoms with Gasteiger partial charge in [-0.15, -0.1) is 11.3 Å². The van der Waals surface area contributed by atoms with Crippen molar-refractivity contribution in [2.24, 2.45) is 5.84 Å². The highest BCUT2D eigenvalue weighted by atomic mass is 32.1. The molecule has 1 aromatic rings. The van der Waals surface area contributed by atoms with Gasteiger partial charge in [0.25, 0.3) is 0 Å². The minimum absolute atomic E-state index is 0.329. The fraction of sp³-hybridized carbons (Fsp3) is 0.556. The lowest BCUT2D eigenvalue weighted by Crippen LogP contribution is -2.26. The Balaban J connectivity index is 2.72. The summed E-state index contributed by atoms with van der Waals surface area (Å²) in [6.07, 6.45) is 2.16. The van der Waals surface area contributed by atoms with Gasteiger partial charge in [0, 0.05) is 9.75 Å². The maximum Gasteiger partial charge on any atom is 0.0550 e. The van der Waals surface area contributed by atoms with Crippen LogP contribution in [0.2, 0.25) is 0 Å². The quantitative estimate of drug-likeness (QED) is 0.556. The van der Waals surface area contributed by atoms with E-state index in [-0.39, 0.29) is 0 Å². The predicted molar refractivity (Wildman–Crippen MR) is 54.1 cm³/mol. The van der Waals surface area contributed by atoms with Crippen LogP contribution in [0.15, 0.2) is 12.1 Å². The Morgan fingerprint density at radius 2 is 2.25 bits per heavy atom. The maximum atomic E-state index is 5.42. The third-order valence-corrected chi connectivity index (χ3v) is 3.33. The third kappa shape index (κ3) is 2.06. The molecule has 68 valence electrons. The average molecular weight is 184 g/mol. The molecule has 0 fully saturated rings. The van der Waals surface area contributed by atoms with Crippen LogP contribution in [0.3, 0.4) is 0 Å². The Kier molecular flexibility index (Phi) is 3.72. The summed E-state index contributed by atoms with van der Waals surface area (Å²) in [7, 11) is 0. The summed E-state index contributed by atoms with van der Waals surface area (Å²) >= 11 is 1.85. The van der Waals surface area contributed by atoms with Gasteiger partial charge in [-0.05, 0) is 25.0 Å². The average Bonchev–Trinajstić information content (AvgIpc) is 2.55. The highest BCUT2D eigenvalue weighted by molar-refractivity contribution is 7.12. The highest BCUT2D eigenvalue weighted by Gasteiger charge is 2.08. The largest absolute Gasteiger partial charge is 0.271 e. The van der Waals surface area contributed by atoms with Gasteiger partial charge < -0.3 is 0 Å². The fourth-order valence-corrected chi connectivity index (χ4v) is 2.27. The molecule has 0 aliphatic rings. The smallest absolute Gasteiger partial charge is 0.0550 e. The molecule has 0 aromatic carbocycles. The van der Waals surface area contributed by atoms with Crippen molar-refractivity contribution in [2.75, 3.05) is 0 Å². The van der Waals surface area contributed by atoms with Crippen LogP contribution in [0.5, 0.6) is 0 Å². The molecule has 0 spiro atoms. The van der Waals surface area contributed by atoms with E-state index in [9.17, 15) is 0 Å². The second-order valence-electron chi connectivity index (χ2n) is 2.79. The molecule has 1 rings (SSSR count). The van der Waals surface area contributed by atoms with Crippen molar-refractivity contribution < 1.29 is 0 Å². The molecule has 0 saturated heterocycles. The second-order valence-corrected chi connectivity index (χ2v) is 3.99. The van der Waals surface area contributed by atoms with Gasteiger partial charge in [-0.3, -0.25) is 11.3 Å². The van der Waals surface area contributed by atoms with E-state index in [0.29, 0.717) is 6.04 Å². The minimum atomic E-state index is 0.329. The lowest BCUT2D eigenvalue weighted by molar-refractivity contribution is 0.547. The predicted octanol–water partition coefficient (Wildman–Crippen LogP) is 2.22. The topological polar surface area (TPSA) is 38.0 Å². The van der Waals surface area contributed by atoms with E-state index in [1.165, 1.54) is 9.75 Å². The van der Waals surface area contributed by atoms with Crippen LogP contribution in [0.1, 0.15) is 36.1 Å². The zero-order valence-corrected chi connectivity index (χ0v) is 8.45. The normalized spacial score (nSPS) is 13.2. The molecular weight excluding hydrogens is 168 g/mol. The summed E-state index contributed by atoms with van der Waals surface area (Å²) in [5, 5.41) is 0. The number of thiophene rings is 1. The molecule has 0 saturated carbocycles. The summed E-state index contributed by atoms with van der Waals surface area (Å²) in [6, 6.07) is 4.67. The van der Waals surface area contributed by atoms with Crippen molar-refractivity contribution in [3.05, 3.63) is 21.9 Å². The first-order chi connectivity index (χ1) is 5.81. The number of hydrogen-bond acceptors (Lipinski definition) is 3. The molecule has 0 aliphatic heterocycles. The zero-order chi connectivity index (χ0) is 8.97. The fourth-order valence-electron chi connectivity index (χ4n) is 1.17. The van der Waals surface area contributed by atoms with Gasteiger partial charge in [0.1, 0.15) is 0 Å². The third-order valence-electron chi connectivity index (χ3n) is 1.98. The van der Waals surface area contributed by atoms with Crippen molar-refractivity contribution in [1.82, 2.24) is 5.43 Å². The van der Waals surface area contributed by atoms with E-state index in [0.717, 1.165) is 12.8 Å². The van der Waals surface area contributed by atoms with Gasteiger partial charge in [0.15, 0.2) is 0 Å². The maximum absolute atomic E-state index is 5.42. The van der Waals surface area contributed by atoms with Crippen molar-refractivity contribution in [1.29, 1.82) is 0 Å². The van der Waals surface area contributed by atoms with Crippen molar-refractivity contribution in [3.8, 4) is 0 Å². The molecule has 0 bridgehead atoms. The molecule has 1 heterocycles. The monoisotopic (exact) mass is 184 g/mol. The van der Waals surface area contributed by atoms with Gasteiger partial charge >= 0.3 is 0 Å². The van der Waals surface area contributed by atoms with Crippen LogP contribution in [-0.4, -0.2) is 0 Å². The van der Waals surface area contributed by atoms with E-state index in [2.05, 4.69) is 31.4 Å². The van der Waals surface area contributed by atoms with E-state index < -0.39 is 0 Å². The molecule has 12 heavy (non-hydrogen) atoms. The Bertz CT molecular complexity index is 228. The summed E-state index contributed by atoms with van der Waals surface area (Å²) in [5.41, 5.74) is 2.82. The van der Waals surface area contributed by atoms with Crippen molar-refractivity contribution in [3.63, 3.8) is 0 Å². The highest BCUT2D eigenvalue weighted by Crippen LogP contribution is 2.24. The van der Waals surface area contributed by atoms with Gasteiger partial charge in [0.05, 0.1) is 6.04 Å². The van der Waals surface area contributed by atoms with Crippen LogP contribution in [0.4, 0.5) is 0 Å². The van der Waals surface area contributed by atoms with E-state index in [1.807, 2.05) is 11.3 Å². The number of hydrazine groups is 1. The summed E-state index contributed by atoms with van der Waals surface area (Å²) in [5.74, 6) is 5.42. The summed E-state index contributed by atoms with van der Waals surface area (Å²) in [6.45, 7) is 4.31. The number of nitrogens with one attached hydrogen (secondary N) is 1. The molecule has 3 heteroatoms. The first kappa shape index (κ1) is 9.71. The SMILES string of the molecule is CCc1ccc(C(CC)NN)s1. The molecule has 0 amide bonds. The summed E-state index contributed by atoms with van der Waals surface area (Å²) in [4.78, 5) is 2.77. The molecule has 1 atom stereocenters. The molecule has 3 N–H and O–H groups in total. The first-order valence-corrected chi connectivity index (χ1v) is 5.18. The van der Waals surface area contributed by atoms with Crippen LogP contribution < -0.4 is 11.3 Å². The van der Waals surface area contributed by atoms with Gasteiger partial charge in [-0.1, -0.05) is 13.8 Å². The van der Waals surface area contributed by atoms with Crippen LogP contribution in [0, 0.1) is 0 Å². The second kappa shape index (κ2) is 4.60. The molecule has 0 radical (unpaired) electrons. The van der Waals surface area contributed by atoms with Gasteiger partial charge in [0.2, 0.25) is 0 Å². The Hall–Kier alpha value is -0.380. The number of nitrogens with two attached hydrogens (primary N) is 1. The Morgan fingerprint density at radius 3 is 2.67 bits per heavy atom. The van der Waals surface area contributed by atoms with Crippen molar-refractivity contribution >= 4 is 11.3 Å². The van der Waals surface area contributed by atoms with Gasteiger partial charge in [-0.25, -0.2) is 0 Å². The Labute approximate surface area is 77.8 Å². The van der Waals surface area contributed by atoms with E-state index in [4.69, 9.17) is 5.84 Å². The van der Waals surface area contributed by atoms with Gasteiger partial charge in [-0.2, -0.15) is 0 Å². The van der Waals surface area contributed by atoms with E-state index >= 15 is 0 Å². The summed E-state index contributed by atoms with van der Waals surface area (Å²) < 4.78 is 0. The number of rotatable bonds is 4. The standard InChI is InChI=1S/C9H16N2S/c1-3-7-5-6-9(12-7)8(4-2)11-10/h5-6,8,11H,3-4,10H2,1-2H3. The lowest BCUT2D eigenvalue weighted by Gasteiger charge is -2.10. The molecule has 1 aromatic heterocycles. The zero-order valence-electron chi connectivity index (χ0n) is 7.63. The number of aryl methyl sites for hydroxylation is 1. The van der Waals surface area contributed by atoms with Crippen LogP contribution >= 0.6 is 11.3 Å². The molecule has 2 nitrogen and oxygen atoms in total. The number of hydrogen-bond donors (Lipinski definition) is 2. The molecular formula is C9H16N2S. The molecule has 0 aliphatic carbocycles. The van der Waals surface area contributed by atoms with E-state index in [1.54, 1.807) is 0 Å². The minimum Gasteiger partial charge on any atom is -0.271 e. The van der Waals surface area contributed by atoms with Crippen LogP contribution in [-0.2, 0) is 6.42 Å². The first-order valence-electron chi connectivity index (χ1n) is 4.36.